The highest BCUT2D eigenvalue weighted by Gasteiger charge is 2.43. The molecule has 0 saturated heterocycles. The molecule has 0 amide bonds. The number of aromatic nitrogens is 4. The van der Waals surface area contributed by atoms with Gasteiger partial charge in [0, 0.05) is 75.0 Å². The first-order valence-corrected chi connectivity index (χ1v) is 22.8. The maximum atomic E-state index is 5.90. The Bertz CT molecular complexity index is 2430. The van der Waals surface area contributed by atoms with Crippen molar-refractivity contribution < 1.29 is 0 Å². The molecule has 2 N–H and O–H groups in total. The molecule has 3 aromatic heterocycles. The summed E-state index contributed by atoms with van der Waals surface area (Å²) in [4.78, 5) is 20.1. The molecule has 3 aromatic rings. The zero-order valence-electron chi connectivity index (χ0n) is 33.0. The Morgan fingerprint density at radius 1 is 0.429 bits per heavy atom. The fourth-order valence-electron chi connectivity index (χ4n) is 13.5. The third-order valence-electron chi connectivity index (χ3n) is 16.0. The summed E-state index contributed by atoms with van der Waals surface area (Å²) < 4.78 is 0. The van der Waals surface area contributed by atoms with Crippen molar-refractivity contribution in [3.05, 3.63) is 117 Å². The van der Waals surface area contributed by atoms with Crippen molar-refractivity contribution in [1.82, 2.24) is 19.9 Å². The molecule has 4 nitrogen and oxygen atoms in total. The molecular formula is C52H54N4. The number of fused-ring (bicyclic) bond motifs is 12. The summed E-state index contributed by atoms with van der Waals surface area (Å²) in [6.07, 6.45) is 38.9. The number of aromatic amines is 2. The molecule has 56 heavy (non-hydrogen) atoms. The fourth-order valence-corrected chi connectivity index (χ4v) is 13.5. The van der Waals surface area contributed by atoms with Crippen LogP contribution < -0.4 is 0 Å². The molecule has 282 valence electrons. The monoisotopic (exact) mass is 734 g/mol. The van der Waals surface area contributed by atoms with E-state index in [0.717, 1.165) is 6.42 Å². The third kappa shape index (κ3) is 4.59. The van der Waals surface area contributed by atoms with Crippen LogP contribution in [0, 0.1) is 23.7 Å². The lowest BCUT2D eigenvalue weighted by Crippen LogP contribution is -2.20. The van der Waals surface area contributed by atoms with Gasteiger partial charge >= 0.3 is 0 Å². The molecule has 17 rings (SSSR count). The smallest absolute Gasteiger partial charge is 0.0732 e. The SMILES string of the molecule is CCCCCCCCc1c2nc(cc3[nH]c(cc4[nH]c(cc5nc1C1=C5C5C=CC1CC5)c1c4C4C=CC1CC4)c1c3C3C=CC1CC3)C1=C2C2C=CC1CC2. The summed E-state index contributed by atoms with van der Waals surface area (Å²) in [6.45, 7) is 2.32. The van der Waals surface area contributed by atoms with Crippen LogP contribution in [0.15, 0.2) is 66.8 Å². The minimum atomic E-state index is 0.446. The van der Waals surface area contributed by atoms with E-state index in [1.807, 2.05) is 0 Å². The number of hydrogen-bond donors (Lipinski definition) is 2. The number of unbranched alkanes of at least 4 members (excludes halogenated alkanes) is 5. The fraction of sp³-hybridized carbons (Fsp3) is 0.462. The van der Waals surface area contributed by atoms with Crippen LogP contribution in [0.4, 0.5) is 0 Å². The van der Waals surface area contributed by atoms with Crippen LogP contribution in [0.3, 0.4) is 0 Å². The summed E-state index contributed by atoms with van der Waals surface area (Å²) >= 11 is 0. The van der Waals surface area contributed by atoms with Crippen LogP contribution >= 0.6 is 0 Å². The number of H-pyrrole nitrogens is 2. The van der Waals surface area contributed by atoms with Crippen LogP contribution in [0.1, 0.15) is 171 Å². The molecule has 0 fully saturated rings. The van der Waals surface area contributed by atoms with Crippen molar-refractivity contribution in [2.24, 2.45) is 23.7 Å². The van der Waals surface area contributed by atoms with E-state index in [4.69, 9.17) is 9.97 Å². The number of allylic oxidation sites excluding steroid dienone is 12. The van der Waals surface area contributed by atoms with Crippen LogP contribution in [-0.2, 0) is 6.42 Å². The lowest BCUT2D eigenvalue weighted by atomic mass is 9.68. The van der Waals surface area contributed by atoms with E-state index in [9.17, 15) is 0 Å². The van der Waals surface area contributed by atoms with Crippen LogP contribution in [0.25, 0.3) is 44.4 Å². The third-order valence-corrected chi connectivity index (χ3v) is 16.0. The Hall–Kier alpha value is -4.44. The van der Waals surface area contributed by atoms with Gasteiger partial charge < -0.3 is 9.97 Å². The highest BCUT2D eigenvalue weighted by molar-refractivity contribution is 6.02. The standard InChI is InChI=1S/C52H54N4/c1-2-3-4-5-6-7-8-36-51-49-34-21-17-32(18-22-34)47(49)41(55-51)26-39-45-30-13-9-28(10-14-30)43(45)37(53-39)25-38-44-29-11-15-31(16-12-29)46(44)40(54-38)27-42-48-33-19-23-35(24-20-33)50(48)52(36)56-42/h9,11,13,15,17,19,21,23,25-35,53-54H,2-8,10,12,14,16,18,20,22,24H2,1H3. The molecule has 14 aliphatic rings. The number of rotatable bonds is 7. The second-order valence-corrected chi connectivity index (χ2v) is 19.0. The minimum absolute atomic E-state index is 0.446. The van der Waals surface area contributed by atoms with Gasteiger partial charge in [-0.25, -0.2) is 9.97 Å². The lowest BCUT2D eigenvalue weighted by molar-refractivity contribution is 0.556. The van der Waals surface area contributed by atoms with Crippen molar-refractivity contribution in [3.8, 4) is 0 Å². The molecule has 4 heteroatoms. The predicted octanol–water partition coefficient (Wildman–Crippen LogP) is 13.3. The van der Waals surface area contributed by atoms with Gasteiger partial charge in [0.2, 0.25) is 0 Å². The van der Waals surface area contributed by atoms with Gasteiger partial charge in [0.25, 0.3) is 0 Å². The predicted molar refractivity (Wildman–Crippen MR) is 230 cm³/mol. The van der Waals surface area contributed by atoms with Gasteiger partial charge in [-0.1, -0.05) is 87.6 Å². The van der Waals surface area contributed by atoms with Gasteiger partial charge in [0.1, 0.15) is 0 Å². The highest BCUT2D eigenvalue weighted by atomic mass is 14.8. The van der Waals surface area contributed by atoms with Crippen molar-refractivity contribution in [1.29, 1.82) is 0 Å². The topological polar surface area (TPSA) is 57.4 Å². The largest absolute Gasteiger partial charge is 0.355 e. The summed E-state index contributed by atoms with van der Waals surface area (Å²) in [5.74, 6) is 3.69. The molecule has 0 saturated carbocycles. The molecular weight excluding hydrogens is 681 g/mol. The Labute approximate surface area is 331 Å². The van der Waals surface area contributed by atoms with E-state index in [0.29, 0.717) is 47.3 Å². The quantitative estimate of drug-likeness (QED) is 0.188. The zero-order chi connectivity index (χ0) is 36.6. The van der Waals surface area contributed by atoms with Gasteiger partial charge in [-0.3, -0.25) is 0 Å². The van der Waals surface area contributed by atoms with Crippen molar-refractivity contribution in [3.63, 3.8) is 0 Å². The normalized spacial score (nSPS) is 30.4. The maximum Gasteiger partial charge on any atom is 0.0732 e. The summed E-state index contributed by atoms with van der Waals surface area (Å²) in [6, 6.07) is 7.53. The molecule has 8 atom stereocenters. The Balaban J connectivity index is 1.15. The lowest BCUT2D eigenvalue weighted by Gasteiger charge is -2.34. The van der Waals surface area contributed by atoms with E-state index in [1.165, 1.54) is 174 Å². The van der Waals surface area contributed by atoms with Gasteiger partial charge in [-0.15, -0.1) is 0 Å². The van der Waals surface area contributed by atoms with Crippen LogP contribution in [0.5, 0.6) is 0 Å². The van der Waals surface area contributed by atoms with E-state index in [2.05, 4.69) is 83.7 Å². The molecule has 0 spiro atoms. The number of nitrogens with one attached hydrogen (secondary N) is 2. The molecule has 8 unspecified atom stereocenters. The first kappa shape index (κ1) is 32.6. The van der Waals surface area contributed by atoms with E-state index in [1.54, 1.807) is 11.1 Å². The highest BCUT2D eigenvalue weighted by Crippen LogP contribution is 2.57. The Morgan fingerprint density at radius 2 is 0.786 bits per heavy atom. The molecule has 5 heterocycles. The first-order chi connectivity index (χ1) is 27.7. The van der Waals surface area contributed by atoms with Gasteiger partial charge in [-0.05, 0) is 127 Å². The van der Waals surface area contributed by atoms with E-state index in [-0.39, 0.29) is 0 Å². The minimum Gasteiger partial charge on any atom is -0.355 e. The first-order valence-electron chi connectivity index (χ1n) is 22.8. The molecule has 0 radical (unpaired) electrons. The van der Waals surface area contributed by atoms with Crippen molar-refractivity contribution >= 4 is 44.4 Å². The molecule has 12 aliphatic carbocycles. The summed E-state index contributed by atoms with van der Waals surface area (Å²) in [5.41, 5.74) is 24.0. The van der Waals surface area contributed by atoms with Crippen molar-refractivity contribution in [2.75, 3.05) is 0 Å². The zero-order valence-corrected chi connectivity index (χ0v) is 33.0. The summed E-state index contributed by atoms with van der Waals surface area (Å²) in [5, 5.41) is 0. The van der Waals surface area contributed by atoms with Gasteiger partial charge in [0.15, 0.2) is 0 Å². The van der Waals surface area contributed by atoms with Gasteiger partial charge in [-0.2, -0.15) is 0 Å². The maximum absolute atomic E-state index is 5.90. The Kier molecular flexibility index (Phi) is 7.15. The van der Waals surface area contributed by atoms with Crippen molar-refractivity contribution in [2.45, 2.75) is 127 Å². The van der Waals surface area contributed by atoms with Gasteiger partial charge in [0.05, 0.1) is 22.8 Å². The number of hydrogen-bond acceptors (Lipinski definition) is 2. The number of nitrogens with zero attached hydrogens (tertiary/aromatic N) is 2. The Morgan fingerprint density at radius 3 is 1.20 bits per heavy atom. The second-order valence-electron chi connectivity index (χ2n) is 19.0. The van der Waals surface area contributed by atoms with Crippen LogP contribution in [0.2, 0.25) is 0 Å². The van der Waals surface area contributed by atoms with Crippen LogP contribution in [-0.4, -0.2) is 19.9 Å². The second kappa shape index (κ2) is 12.3. The average molecular weight is 735 g/mol. The molecule has 0 aromatic carbocycles. The molecule has 2 aliphatic heterocycles. The summed E-state index contributed by atoms with van der Waals surface area (Å²) in [7, 11) is 0. The molecule has 16 bridgehead atoms. The van der Waals surface area contributed by atoms with E-state index < -0.39 is 0 Å². The van der Waals surface area contributed by atoms with E-state index >= 15 is 0 Å². The average Bonchev–Trinajstić information content (AvgIpc) is 4.04.